The summed E-state index contributed by atoms with van der Waals surface area (Å²) in [5, 5.41) is 62.0. The smallest absolute Gasteiger partial charge is 0.462 e. The standard InChI is InChI=1S/C47H82O18P2/c1-3-5-7-9-11-13-15-17-18-19-21-23-25-27-29-33-41(51)63-37(36-62-67(59,60)65-47-44(54)42(52)43(53)46(45(47)55)64-66(56,57)58)35-61-40(50)34-30-32-39(49)38(48)31-28-26-24-22-20-16-14-12-10-8-6-4-2/h5-8,12,14,20,22,26,28,37-39,42-49,52-55H,3-4,9-11,13,15-19,21,23-25,27,29-36H2,1-2H3,(H,59,60)(H2,56,57,58)/b7-5-,8-6-,14-12-,22-20-,28-26-/t37-,38+,39+,42?,43?,44?,45?,46-,47+/m1/s1. The highest BCUT2D eigenvalue weighted by molar-refractivity contribution is 7.47. The molecule has 1 rings (SSSR count). The summed E-state index contributed by atoms with van der Waals surface area (Å²) < 4.78 is 49.2. The lowest BCUT2D eigenvalue weighted by molar-refractivity contribution is -0.216. The maximum Gasteiger partial charge on any atom is 0.472 e. The molecule has 1 aliphatic carbocycles. The second-order valence-corrected chi connectivity index (χ2v) is 19.3. The molecule has 0 amide bonds. The van der Waals surface area contributed by atoms with Crippen LogP contribution in [0.4, 0.5) is 0 Å². The zero-order valence-corrected chi connectivity index (χ0v) is 41.3. The number of carbonyl (C=O) groups is 2. The number of phosphoric ester groups is 2. The molecule has 0 spiro atoms. The Morgan fingerprint density at radius 3 is 1.57 bits per heavy atom. The summed E-state index contributed by atoms with van der Waals surface area (Å²) in [7, 11) is -10.8. The van der Waals surface area contributed by atoms with Crippen molar-refractivity contribution in [3.05, 3.63) is 60.8 Å². The highest BCUT2D eigenvalue weighted by Gasteiger charge is 2.54. The summed E-state index contributed by atoms with van der Waals surface area (Å²) in [5.74, 6) is -1.50. The number of hydrogen-bond acceptors (Lipinski definition) is 15. The fraction of sp³-hybridized carbons (Fsp3) is 0.745. The van der Waals surface area contributed by atoms with E-state index >= 15 is 0 Å². The van der Waals surface area contributed by atoms with E-state index in [1.165, 1.54) is 32.1 Å². The highest BCUT2D eigenvalue weighted by atomic mass is 31.2. The molecule has 5 unspecified atom stereocenters. The van der Waals surface area contributed by atoms with Crippen LogP contribution < -0.4 is 0 Å². The van der Waals surface area contributed by atoms with Gasteiger partial charge in [0.25, 0.3) is 0 Å². The Balaban J connectivity index is 2.69. The van der Waals surface area contributed by atoms with Crippen LogP contribution in [0.5, 0.6) is 0 Å². The average molecular weight is 997 g/mol. The number of phosphoric acid groups is 2. The summed E-state index contributed by atoms with van der Waals surface area (Å²) in [6.45, 7) is 2.65. The van der Waals surface area contributed by atoms with Crippen molar-refractivity contribution in [2.45, 2.75) is 210 Å². The number of aliphatic hydroxyl groups excluding tert-OH is 6. The van der Waals surface area contributed by atoms with E-state index < -0.39 is 95.7 Å². The number of allylic oxidation sites excluding steroid dienone is 9. The zero-order valence-electron chi connectivity index (χ0n) is 39.5. The van der Waals surface area contributed by atoms with Crippen molar-refractivity contribution >= 4 is 27.6 Å². The van der Waals surface area contributed by atoms with Crippen LogP contribution in [-0.2, 0) is 41.8 Å². The van der Waals surface area contributed by atoms with Crippen LogP contribution >= 0.6 is 15.6 Å². The number of aliphatic hydroxyl groups is 6. The van der Waals surface area contributed by atoms with Crippen molar-refractivity contribution in [3.8, 4) is 0 Å². The lowest BCUT2D eigenvalue weighted by atomic mass is 9.85. The van der Waals surface area contributed by atoms with Gasteiger partial charge in [-0.1, -0.05) is 132 Å². The molecule has 0 heterocycles. The van der Waals surface area contributed by atoms with Crippen LogP contribution in [0.1, 0.15) is 155 Å². The van der Waals surface area contributed by atoms with Crippen molar-refractivity contribution in [2.75, 3.05) is 13.2 Å². The van der Waals surface area contributed by atoms with E-state index in [1.807, 2.05) is 18.2 Å². The number of unbranched alkanes of at least 4 members (excludes halogenated alkanes) is 11. The molecule has 9 N–H and O–H groups in total. The molecule has 0 radical (unpaired) electrons. The summed E-state index contributed by atoms with van der Waals surface area (Å²) >= 11 is 0. The van der Waals surface area contributed by atoms with Gasteiger partial charge in [-0.05, 0) is 70.6 Å². The molecule has 20 heteroatoms. The van der Waals surface area contributed by atoms with E-state index in [4.69, 9.17) is 18.5 Å². The number of hydrogen-bond donors (Lipinski definition) is 9. The van der Waals surface area contributed by atoms with Crippen LogP contribution in [0.25, 0.3) is 0 Å². The number of carbonyl (C=O) groups excluding carboxylic acids is 2. The van der Waals surface area contributed by atoms with Gasteiger partial charge in [0.05, 0.1) is 18.8 Å². The topological polar surface area (TPSA) is 296 Å². The van der Waals surface area contributed by atoms with E-state index in [0.29, 0.717) is 12.8 Å². The first-order valence-corrected chi connectivity index (χ1v) is 27.0. The molecule has 1 aliphatic rings. The van der Waals surface area contributed by atoms with Gasteiger partial charge < -0.3 is 54.8 Å². The summed E-state index contributed by atoms with van der Waals surface area (Å²) in [4.78, 5) is 54.4. The molecule has 1 fully saturated rings. The second kappa shape index (κ2) is 37.4. The quantitative estimate of drug-likeness (QED) is 0.0130. The molecule has 0 aromatic carbocycles. The maximum absolute atomic E-state index is 13.0. The van der Waals surface area contributed by atoms with Gasteiger partial charge in [-0.25, -0.2) is 9.13 Å². The molecule has 0 bridgehead atoms. The molecule has 0 aromatic rings. The van der Waals surface area contributed by atoms with Crippen molar-refractivity contribution in [1.29, 1.82) is 0 Å². The van der Waals surface area contributed by atoms with Crippen LogP contribution in [0.2, 0.25) is 0 Å². The number of ether oxygens (including phenoxy) is 2. The molecule has 18 nitrogen and oxygen atoms in total. The summed E-state index contributed by atoms with van der Waals surface area (Å²) in [6.07, 6.45) is 20.5. The number of rotatable bonds is 39. The van der Waals surface area contributed by atoms with Crippen LogP contribution in [0.3, 0.4) is 0 Å². The monoisotopic (exact) mass is 996 g/mol. The lowest BCUT2D eigenvalue weighted by Crippen LogP contribution is -2.64. The Bertz CT molecular complexity index is 1560. The maximum atomic E-state index is 13.0. The average Bonchev–Trinajstić information content (AvgIpc) is 3.28. The van der Waals surface area contributed by atoms with Crippen LogP contribution in [0, 0.1) is 0 Å². The predicted octanol–water partition coefficient (Wildman–Crippen LogP) is 7.00. The third-order valence-corrected chi connectivity index (χ3v) is 12.3. The minimum absolute atomic E-state index is 0.0199. The van der Waals surface area contributed by atoms with Gasteiger partial charge >= 0.3 is 27.6 Å². The van der Waals surface area contributed by atoms with Crippen molar-refractivity contribution in [1.82, 2.24) is 0 Å². The van der Waals surface area contributed by atoms with Crippen LogP contribution in [0.15, 0.2) is 60.8 Å². The van der Waals surface area contributed by atoms with Gasteiger partial charge in [-0.3, -0.25) is 23.2 Å². The fourth-order valence-corrected chi connectivity index (χ4v) is 8.54. The van der Waals surface area contributed by atoms with E-state index in [0.717, 1.165) is 64.2 Å². The second-order valence-electron chi connectivity index (χ2n) is 16.7. The highest BCUT2D eigenvalue weighted by Crippen LogP contribution is 2.49. The van der Waals surface area contributed by atoms with Crippen molar-refractivity contribution in [2.24, 2.45) is 0 Å². The van der Waals surface area contributed by atoms with E-state index in [-0.39, 0.29) is 32.1 Å². The molecule has 67 heavy (non-hydrogen) atoms. The van der Waals surface area contributed by atoms with E-state index in [2.05, 4.69) is 54.8 Å². The van der Waals surface area contributed by atoms with Gasteiger partial charge in [0, 0.05) is 12.8 Å². The molecule has 1 saturated carbocycles. The zero-order chi connectivity index (χ0) is 49.9. The minimum atomic E-state index is -5.40. The molecule has 0 aliphatic heterocycles. The molecular formula is C47H82O18P2. The van der Waals surface area contributed by atoms with Gasteiger partial charge in [0.2, 0.25) is 0 Å². The van der Waals surface area contributed by atoms with Gasteiger partial charge in [0.15, 0.2) is 6.10 Å². The van der Waals surface area contributed by atoms with Crippen molar-refractivity contribution < 1.29 is 87.1 Å². The Morgan fingerprint density at radius 2 is 1.01 bits per heavy atom. The number of esters is 2. The first-order chi connectivity index (χ1) is 31.9. The summed E-state index contributed by atoms with van der Waals surface area (Å²) in [6, 6.07) is 0. The SMILES string of the molecule is CC/C=C\C/C=C\C/C=C\C/C=C\C[C@H](O)[C@@H](O)CCCC(=O)OC[C@H](COP(=O)(O)O[C@H]1C(O)C(O)C(O)[C@@H](OP(=O)(O)O)C1O)OC(=O)CCCCCCCCCCCCC/C=C\CC. The van der Waals surface area contributed by atoms with E-state index in [9.17, 15) is 64.0 Å². The Kier molecular flexibility index (Phi) is 35.0. The van der Waals surface area contributed by atoms with E-state index in [1.54, 1.807) is 6.08 Å². The van der Waals surface area contributed by atoms with Gasteiger partial charge in [0.1, 0.15) is 43.2 Å². The third-order valence-electron chi connectivity index (χ3n) is 10.8. The summed E-state index contributed by atoms with van der Waals surface area (Å²) in [5.41, 5.74) is 0. The normalized spacial score (nSPS) is 22.9. The lowest BCUT2D eigenvalue weighted by Gasteiger charge is -2.43. The molecule has 0 aromatic heterocycles. The first-order valence-electron chi connectivity index (χ1n) is 24.0. The van der Waals surface area contributed by atoms with Crippen LogP contribution in [-0.4, -0.2) is 125 Å². The molecule has 10 atom stereocenters. The minimum Gasteiger partial charge on any atom is -0.462 e. The predicted molar refractivity (Wildman–Crippen MR) is 253 cm³/mol. The van der Waals surface area contributed by atoms with Gasteiger partial charge in [-0.2, -0.15) is 0 Å². The molecule has 388 valence electrons. The third kappa shape index (κ3) is 31.5. The first kappa shape index (κ1) is 62.6. The Labute approximate surface area is 397 Å². The molecule has 0 saturated heterocycles. The molecular weight excluding hydrogens is 914 g/mol. The van der Waals surface area contributed by atoms with Crippen molar-refractivity contribution in [3.63, 3.8) is 0 Å². The Hall–Kier alpha value is -2.38. The van der Waals surface area contributed by atoms with Gasteiger partial charge in [-0.15, -0.1) is 0 Å². The fourth-order valence-electron chi connectivity index (χ4n) is 7.00. The largest absolute Gasteiger partial charge is 0.472 e. The Morgan fingerprint density at radius 1 is 0.537 bits per heavy atom.